The van der Waals surface area contributed by atoms with Gasteiger partial charge in [-0.2, -0.15) is 0 Å². The number of benzene rings is 2. The van der Waals surface area contributed by atoms with E-state index in [-0.39, 0.29) is 5.91 Å². The van der Waals surface area contributed by atoms with E-state index < -0.39 is 5.92 Å². The van der Waals surface area contributed by atoms with Crippen molar-refractivity contribution in [1.29, 1.82) is 0 Å². The zero-order valence-electron chi connectivity index (χ0n) is 17.1. The first-order valence-corrected chi connectivity index (χ1v) is 9.34. The number of methoxy groups -OCH3 is 2. The van der Waals surface area contributed by atoms with Crippen LogP contribution >= 0.6 is 0 Å². The fourth-order valence-electron chi connectivity index (χ4n) is 3.52. The Labute approximate surface area is 166 Å². The van der Waals surface area contributed by atoms with Gasteiger partial charge >= 0.3 is 0 Å². The Kier molecular flexibility index (Phi) is 5.99. The van der Waals surface area contributed by atoms with Gasteiger partial charge < -0.3 is 19.7 Å². The zero-order chi connectivity index (χ0) is 20.3. The zero-order valence-corrected chi connectivity index (χ0v) is 17.1. The lowest BCUT2D eigenvalue weighted by atomic mass is 9.93. The Balaban J connectivity index is 2.00. The molecule has 3 rings (SSSR count). The van der Waals surface area contributed by atoms with Crippen LogP contribution in [0, 0.1) is 0 Å². The van der Waals surface area contributed by atoms with Crippen molar-refractivity contribution in [3.63, 3.8) is 0 Å². The molecule has 0 saturated heterocycles. The molecule has 1 atom stereocenters. The van der Waals surface area contributed by atoms with Crippen molar-refractivity contribution in [2.24, 2.45) is 4.99 Å². The summed E-state index contributed by atoms with van der Waals surface area (Å²) in [6, 6.07) is 11.8. The van der Waals surface area contributed by atoms with Crippen LogP contribution in [-0.2, 0) is 11.3 Å². The Hall–Kier alpha value is -2.86. The van der Waals surface area contributed by atoms with Gasteiger partial charge in [0.05, 0.1) is 19.9 Å². The van der Waals surface area contributed by atoms with Gasteiger partial charge in [-0.15, -0.1) is 0 Å². The number of hydrogen-bond donors (Lipinski definition) is 1. The average Bonchev–Trinajstić information content (AvgIpc) is 2.99. The highest BCUT2D eigenvalue weighted by Crippen LogP contribution is 2.42. The molecule has 2 aromatic carbocycles. The molecule has 1 aliphatic rings. The number of rotatable bonds is 7. The Morgan fingerprint density at radius 1 is 1.14 bits per heavy atom. The van der Waals surface area contributed by atoms with E-state index in [2.05, 4.69) is 22.3 Å². The maximum atomic E-state index is 12.8. The summed E-state index contributed by atoms with van der Waals surface area (Å²) in [7, 11) is 7.25. The number of ether oxygens (including phenoxy) is 2. The number of fused-ring (bicyclic) bond motifs is 1. The summed E-state index contributed by atoms with van der Waals surface area (Å²) in [5.74, 6) is 0.687. The van der Waals surface area contributed by atoms with E-state index in [0.29, 0.717) is 17.9 Å². The number of amides is 1. The summed E-state index contributed by atoms with van der Waals surface area (Å²) in [6.45, 7) is 2.86. The van der Waals surface area contributed by atoms with Crippen LogP contribution in [-0.4, -0.2) is 44.8 Å². The lowest BCUT2D eigenvalue weighted by molar-refractivity contribution is -0.115. The van der Waals surface area contributed by atoms with E-state index in [1.165, 1.54) is 5.56 Å². The van der Waals surface area contributed by atoms with Crippen LogP contribution in [0.1, 0.15) is 30.4 Å². The number of aliphatic imine (C=N–C) groups is 1. The quantitative estimate of drug-likeness (QED) is 0.737. The lowest BCUT2D eigenvalue weighted by Crippen LogP contribution is -2.20. The summed E-state index contributed by atoms with van der Waals surface area (Å²) in [4.78, 5) is 19.7. The van der Waals surface area contributed by atoms with E-state index in [9.17, 15) is 4.79 Å². The van der Waals surface area contributed by atoms with E-state index in [1.54, 1.807) is 20.3 Å². The third kappa shape index (κ3) is 4.02. The number of nitrogens with zero attached hydrogens (tertiary/aromatic N) is 2. The van der Waals surface area contributed by atoms with Crippen molar-refractivity contribution in [3.8, 4) is 11.5 Å². The third-order valence-electron chi connectivity index (χ3n) is 4.76. The molecule has 1 aliphatic heterocycles. The molecule has 1 N–H and O–H groups in total. The highest BCUT2D eigenvalue weighted by atomic mass is 16.5. The number of hydrogen-bond acceptors (Lipinski definition) is 5. The van der Waals surface area contributed by atoms with E-state index >= 15 is 0 Å². The predicted octanol–water partition coefficient (Wildman–Crippen LogP) is 3.98. The van der Waals surface area contributed by atoms with Gasteiger partial charge in [-0.05, 0) is 49.8 Å². The molecule has 0 bridgehead atoms. The van der Waals surface area contributed by atoms with Crippen molar-refractivity contribution < 1.29 is 14.3 Å². The topological polar surface area (TPSA) is 63.2 Å². The molecule has 0 radical (unpaired) electrons. The summed E-state index contributed by atoms with van der Waals surface area (Å²) in [5, 5.41) is 2.95. The molecule has 0 aliphatic carbocycles. The van der Waals surface area contributed by atoms with E-state index in [1.807, 2.05) is 39.2 Å². The summed E-state index contributed by atoms with van der Waals surface area (Å²) in [5.41, 5.74) is 4.48. The molecule has 0 fully saturated rings. The first kappa shape index (κ1) is 19.9. The highest BCUT2D eigenvalue weighted by molar-refractivity contribution is 6.19. The fourth-order valence-corrected chi connectivity index (χ4v) is 3.52. The molecule has 0 spiro atoms. The van der Waals surface area contributed by atoms with Crippen LogP contribution in [0.5, 0.6) is 11.5 Å². The molecule has 1 unspecified atom stereocenters. The van der Waals surface area contributed by atoms with Gasteiger partial charge in [0.2, 0.25) is 5.91 Å². The molecule has 0 aromatic heterocycles. The number of nitrogens with one attached hydrogen (secondary N) is 1. The van der Waals surface area contributed by atoms with Crippen molar-refractivity contribution >= 4 is 23.0 Å². The fraction of sp³-hybridized carbons (Fsp3) is 0.364. The molecule has 6 nitrogen and oxygen atoms in total. The smallest absolute Gasteiger partial charge is 0.237 e. The molecule has 2 aromatic rings. The molecular weight excluding hydrogens is 354 g/mol. The monoisotopic (exact) mass is 381 g/mol. The van der Waals surface area contributed by atoms with Gasteiger partial charge in [0.1, 0.15) is 5.92 Å². The minimum absolute atomic E-state index is 0.0737. The van der Waals surface area contributed by atoms with Crippen LogP contribution in [0.3, 0.4) is 0 Å². The summed E-state index contributed by atoms with van der Waals surface area (Å²) >= 11 is 0. The minimum atomic E-state index is -0.433. The third-order valence-corrected chi connectivity index (χ3v) is 4.76. The second-order valence-electron chi connectivity index (χ2n) is 7.08. The van der Waals surface area contributed by atoms with Crippen molar-refractivity contribution in [1.82, 2.24) is 4.90 Å². The number of carbonyl (C=O) groups excluding carboxylic acids is 1. The van der Waals surface area contributed by atoms with Crippen LogP contribution in [0.25, 0.3) is 0 Å². The van der Waals surface area contributed by atoms with Gasteiger partial charge in [-0.1, -0.05) is 19.1 Å². The first-order chi connectivity index (χ1) is 13.5. The SMILES string of the molecule is CCC(=Nc1cccc(CN(C)C)c1)C1C(=O)Nc2cc(OC)c(OC)cc21. The van der Waals surface area contributed by atoms with Gasteiger partial charge in [0.15, 0.2) is 11.5 Å². The molecule has 0 saturated carbocycles. The van der Waals surface area contributed by atoms with Gasteiger partial charge in [0, 0.05) is 24.0 Å². The first-order valence-electron chi connectivity index (χ1n) is 9.34. The molecule has 6 heteroatoms. The normalized spacial score (nSPS) is 16.1. The van der Waals surface area contributed by atoms with Crippen LogP contribution in [0.2, 0.25) is 0 Å². The largest absolute Gasteiger partial charge is 0.493 e. The highest BCUT2D eigenvalue weighted by Gasteiger charge is 2.35. The van der Waals surface area contributed by atoms with E-state index in [4.69, 9.17) is 14.5 Å². The Morgan fingerprint density at radius 2 is 1.86 bits per heavy atom. The summed E-state index contributed by atoms with van der Waals surface area (Å²) in [6.07, 6.45) is 0.670. The number of carbonyl (C=O) groups is 1. The number of anilines is 1. The second kappa shape index (κ2) is 8.44. The van der Waals surface area contributed by atoms with Gasteiger partial charge in [-0.25, -0.2) is 0 Å². The van der Waals surface area contributed by atoms with Crippen molar-refractivity contribution in [2.45, 2.75) is 25.8 Å². The van der Waals surface area contributed by atoms with Crippen molar-refractivity contribution in [3.05, 3.63) is 47.5 Å². The standard InChI is InChI=1S/C22H27N3O3/c1-6-17(23-15-9-7-8-14(10-15)13-25(2)3)21-16-11-19(27-4)20(28-5)12-18(16)24-22(21)26/h7-12,21H,6,13H2,1-5H3,(H,24,26). The van der Waals surface area contributed by atoms with Crippen LogP contribution in [0.4, 0.5) is 11.4 Å². The lowest BCUT2D eigenvalue weighted by Gasteiger charge is -2.14. The second-order valence-corrected chi connectivity index (χ2v) is 7.08. The maximum absolute atomic E-state index is 12.8. The molecule has 1 amide bonds. The van der Waals surface area contributed by atoms with Gasteiger partial charge in [0.25, 0.3) is 0 Å². The molecule has 1 heterocycles. The Morgan fingerprint density at radius 3 is 2.50 bits per heavy atom. The molecular formula is C22H27N3O3. The molecule has 148 valence electrons. The van der Waals surface area contributed by atoms with Crippen LogP contribution < -0.4 is 14.8 Å². The van der Waals surface area contributed by atoms with Crippen LogP contribution in [0.15, 0.2) is 41.4 Å². The van der Waals surface area contributed by atoms with Gasteiger partial charge in [-0.3, -0.25) is 9.79 Å². The predicted molar refractivity (Wildman–Crippen MR) is 112 cm³/mol. The van der Waals surface area contributed by atoms with E-state index in [0.717, 1.165) is 29.2 Å². The van der Waals surface area contributed by atoms with Crippen molar-refractivity contribution in [2.75, 3.05) is 33.6 Å². The Bertz CT molecular complexity index is 906. The maximum Gasteiger partial charge on any atom is 0.237 e. The summed E-state index contributed by atoms with van der Waals surface area (Å²) < 4.78 is 10.8. The minimum Gasteiger partial charge on any atom is -0.493 e. The molecule has 28 heavy (non-hydrogen) atoms. The average molecular weight is 381 g/mol.